The lowest BCUT2D eigenvalue weighted by Gasteiger charge is -2.48. The molecule has 4 nitrogen and oxygen atoms in total. The van der Waals surface area contributed by atoms with Gasteiger partial charge in [0, 0.05) is 18.7 Å². The van der Waals surface area contributed by atoms with Gasteiger partial charge in [0.25, 0.3) is 0 Å². The minimum Gasteiger partial charge on any atom is -0.375 e. The molecule has 0 saturated carbocycles. The fourth-order valence-corrected chi connectivity index (χ4v) is 3.42. The van der Waals surface area contributed by atoms with Gasteiger partial charge in [-0.05, 0) is 39.4 Å². The molecule has 5 heteroatoms. The molecule has 1 amide bonds. The van der Waals surface area contributed by atoms with Crippen molar-refractivity contribution in [3.8, 4) is 0 Å². The van der Waals surface area contributed by atoms with Crippen molar-refractivity contribution in [2.75, 3.05) is 33.8 Å². The summed E-state index contributed by atoms with van der Waals surface area (Å²) < 4.78 is 19.8. The number of hydrogen-bond acceptors (Lipinski definition) is 3. The Morgan fingerprint density at radius 2 is 1.91 bits per heavy atom. The zero-order valence-corrected chi connectivity index (χ0v) is 13.2. The van der Waals surface area contributed by atoms with E-state index >= 15 is 0 Å². The van der Waals surface area contributed by atoms with E-state index in [4.69, 9.17) is 4.74 Å². The highest BCUT2D eigenvalue weighted by Gasteiger charge is 2.43. The van der Waals surface area contributed by atoms with Crippen LogP contribution in [0.1, 0.15) is 30.9 Å². The molecule has 1 aromatic carbocycles. The highest BCUT2D eigenvalue weighted by molar-refractivity contribution is 5.83. The standard InChI is InChI=1S/C17H23FN2O2/c1-19(2)15(13-5-3-4-6-14(13)18)16(21)20-10-7-17(8-11-20)9-12-22-17/h3-6,15H,7-12H2,1-2H3. The molecule has 3 rings (SSSR count). The van der Waals surface area contributed by atoms with Crippen LogP contribution in [0.15, 0.2) is 24.3 Å². The topological polar surface area (TPSA) is 32.8 Å². The minimum atomic E-state index is -0.572. The van der Waals surface area contributed by atoms with Crippen molar-refractivity contribution in [1.82, 2.24) is 9.80 Å². The second-order valence-electron chi connectivity index (χ2n) is 6.49. The molecule has 2 aliphatic rings. The van der Waals surface area contributed by atoms with Gasteiger partial charge >= 0.3 is 0 Å². The van der Waals surface area contributed by atoms with Gasteiger partial charge in [-0.3, -0.25) is 9.69 Å². The number of hydrogen-bond donors (Lipinski definition) is 0. The quantitative estimate of drug-likeness (QED) is 0.858. The first-order chi connectivity index (χ1) is 10.5. The van der Waals surface area contributed by atoms with E-state index in [1.54, 1.807) is 23.1 Å². The summed E-state index contributed by atoms with van der Waals surface area (Å²) in [6.07, 6.45) is 2.87. The van der Waals surface area contributed by atoms with Gasteiger partial charge in [-0.1, -0.05) is 18.2 Å². The Morgan fingerprint density at radius 3 is 2.41 bits per heavy atom. The first-order valence-electron chi connectivity index (χ1n) is 7.86. The van der Waals surface area contributed by atoms with Gasteiger partial charge in [-0.2, -0.15) is 0 Å². The number of benzene rings is 1. The summed E-state index contributed by atoms with van der Waals surface area (Å²) in [6.45, 7) is 2.22. The first kappa shape index (κ1) is 15.4. The van der Waals surface area contributed by atoms with Crippen molar-refractivity contribution in [2.24, 2.45) is 0 Å². The van der Waals surface area contributed by atoms with Crippen LogP contribution >= 0.6 is 0 Å². The molecule has 0 aromatic heterocycles. The lowest BCUT2D eigenvalue weighted by Crippen LogP contribution is -2.54. The molecule has 0 N–H and O–H groups in total. The summed E-state index contributed by atoms with van der Waals surface area (Å²) in [7, 11) is 3.63. The van der Waals surface area contributed by atoms with Crippen molar-refractivity contribution in [1.29, 1.82) is 0 Å². The van der Waals surface area contributed by atoms with Crippen LogP contribution in [0.3, 0.4) is 0 Å². The monoisotopic (exact) mass is 306 g/mol. The maximum absolute atomic E-state index is 14.1. The lowest BCUT2D eigenvalue weighted by atomic mass is 9.84. The second kappa shape index (κ2) is 5.97. The number of halogens is 1. The molecule has 1 atom stereocenters. The maximum atomic E-state index is 14.1. The third kappa shape index (κ3) is 2.75. The van der Waals surface area contributed by atoms with Crippen LogP contribution in [0, 0.1) is 5.82 Å². The van der Waals surface area contributed by atoms with E-state index in [-0.39, 0.29) is 17.3 Å². The second-order valence-corrected chi connectivity index (χ2v) is 6.49. The Hall–Kier alpha value is -1.46. The van der Waals surface area contributed by atoms with E-state index in [1.807, 2.05) is 19.0 Å². The number of piperidine rings is 1. The molecule has 120 valence electrons. The van der Waals surface area contributed by atoms with Crippen LogP contribution in [0.25, 0.3) is 0 Å². The van der Waals surface area contributed by atoms with E-state index < -0.39 is 6.04 Å². The fraction of sp³-hybridized carbons (Fsp3) is 0.588. The van der Waals surface area contributed by atoms with Gasteiger partial charge in [0.1, 0.15) is 11.9 Å². The summed E-state index contributed by atoms with van der Waals surface area (Å²) in [6, 6.07) is 5.95. The summed E-state index contributed by atoms with van der Waals surface area (Å²) in [5.41, 5.74) is 0.459. The van der Waals surface area contributed by atoms with Crippen LogP contribution < -0.4 is 0 Å². The molecule has 0 aliphatic carbocycles. The van der Waals surface area contributed by atoms with E-state index in [9.17, 15) is 9.18 Å². The predicted octanol–water partition coefficient (Wildman–Crippen LogP) is 2.21. The van der Waals surface area contributed by atoms with Crippen molar-refractivity contribution in [2.45, 2.75) is 30.9 Å². The van der Waals surface area contributed by atoms with Gasteiger partial charge in [0.15, 0.2) is 0 Å². The number of rotatable bonds is 3. The average Bonchev–Trinajstić information content (AvgIpc) is 2.47. The van der Waals surface area contributed by atoms with Crippen LogP contribution in [-0.2, 0) is 9.53 Å². The van der Waals surface area contributed by atoms with Crippen LogP contribution in [0.4, 0.5) is 4.39 Å². The minimum absolute atomic E-state index is 0.0163. The van der Waals surface area contributed by atoms with Crippen LogP contribution in [-0.4, -0.2) is 55.1 Å². The summed E-state index contributed by atoms with van der Waals surface area (Å²) in [4.78, 5) is 16.5. The number of likely N-dealkylation sites (tertiary alicyclic amines) is 1. The van der Waals surface area contributed by atoms with Gasteiger partial charge in [-0.15, -0.1) is 0 Å². The van der Waals surface area contributed by atoms with Gasteiger partial charge in [0.05, 0.1) is 12.2 Å². The Bertz CT molecular complexity index is 547. The van der Waals surface area contributed by atoms with Gasteiger partial charge in [0.2, 0.25) is 5.91 Å². The SMILES string of the molecule is CN(C)C(C(=O)N1CCC2(CCO2)CC1)c1ccccc1F. The molecule has 0 bridgehead atoms. The third-order valence-corrected chi connectivity index (χ3v) is 4.90. The molecule has 1 spiro atoms. The number of carbonyl (C=O) groups excluding carboxylic acids is 1. The number of nitrogens with zero attached hydrogens (tertiary/aromatic N) is 2. The van der Waals surface area contributed by atoms with Gasteiger partial charge < -0.3 is 9.64 Å². The fourth-order valence-electron chi connectivity index (χ4n) is 3.42. The van der Waals surface area contributed by atoms with Crippen molar-refractivity contribution in [3.63, 3.8) is 0 Å². The molecule has 2 fully saturated rings. The van der Waals surface area contributed by atoms with E-state index in [0.717, 1.165) is 25.9 Å². The Balaban J connectivity index is 1.75. The molecular weight excluding hydrogens is 283 g/mol. The van der Waals surface area contributed by atoms with E-state index in [1.165, 1.54) is 6.07 Å². The van der Waals surface area contributed by atoms with Crippen LogP contribution in [0.5, 0.6) is 0 Å². The summed E-state index contributed by atoms with van der Waals surface area (Å²) in [5, 5.41) is 0. The molecule has 0 radical (unpaired) electrons. The van der Waals surface area contributed by atoms with Crippen LogP contribution in [0.2, 0.25) is 0 Å². The lowest BCUT2D eigenvalue weighted by molar-refractivity contribution is -0.177. The molecule has 22 heavy (non-hydrogen) atoms. The number of ether oxygens (including phenoxy) is 1. The molecule has 1 unspecified atom stereocenters. The Morgan fingerprint density at radius 1 is 1.27 bits per heavy atom. The normalized spacial score (nSPS) is 21.7. The third-order valence-electron chi connectivity index (χ3n) is 4.90. The zero-order valence-electron chi connectivity index (χ0n) is 13.2. The summed E-state index contributed by atoms with van der Waals surface area (Å²) in [5.74, 6) is -0.352. The van der Waals surface area contributed by atoms with E-state index in [0.29, 0.717) is 18.7 Å². The highest BCUT2D eigenvalue weighted by Crippen LogP contribution is 2.37. The van der Waals surface area contributed by atoms with Crippen molar-refractivity contribution < 1.29 is 13.9 Å². The maximum Gasteiger partial charge on any atom is 0.244 e. The predicted molar refractivity (Wildman–Crippen MR) is 81.9 cm³/mol. The molecule has 2 saturated heterocycles. The zero-order chi connectivity index (χ0) is 15.7. The highest BCUT2D eigenvalue weighted by atomic mass is 19.1. The number of carbonyl (C=O) groups is 1. The largest absolute Gasteiger partial charge is 0.375 e. The Kier molecular flexibility index (Phi) is 4.19. The molecule has 2 heterocycles. The number of amides is 1. The molecular formula is C17H23FN2O2. The van der Waals surface area contributed by atoms with E-state index in [2.05, 4.69) is 0 Å². The van der Waals surface area contributed by atoms with Gasteiger partial charge in [-0.25, -0.2) is 4.39 Å². The smallest absolute Gasteiger partial charge is 0.244 e. The Labute approximate surface area is 130 Å². The van der Waals surface area contributed by atoms with Crippen molar-refractivity contribution in [3.05, 3.63) is 35.6 Å². The molecule has 1 aromatic rings. The summed E-state index contributed by atoms with van der Waals surface area (Å²) >= 11 is 0. The average molecular weight is 306 g/mol. The molecule has 2 aliphatic heterocycles. The number of likely N-dealkylation sites (N-methyl/N-ethyl adjacent to an activating group) is 1. The first-order valence-corrected chi connectivity index (χ1v) is 7.86. The van der Waals surface area contributed by atoms with Crippen molar-refractivity contribution >= 4 is 5.91 Å².